The summed E-state index contributed by atoms with van der Waals surface area (Å²) in [7, 11) is 0. The van der Waals surface area contributed by atoms with Crippen LogP contribution in [0, 0.1) is 0 Å². The Morgan fingerprint density at radius 3 is 1.80 bits per heavy atom. The maximum absolute atomic E-state index is 8.00. The van der Waals surface area contributed by atoms with Crippen LogP contribution in [0.2, 0.25) is 0 Å². The first kappa shape index (κ1) is 8.99. The Kier molecular flexibility index (Phi) is 50.6. The normalized spacial score (nSPS) is 4.60. The quantitative estimate of drug-likeness (QED) is 0.450. The molecule has 0 spiro atoms. The van der Waals surface area contributed by atoms with Gasteiger partial charge in [0, 0.05) is 6.61 Å². The minimum atomic E-state index is 0.250. The molecule has 3 heteroatoms. The topological polar surface area (TPSA) is 37.3 Å². The van der Waals surface area contributed by atoms with Crippen molar-refractivity contribution in [2.45, 2.75) is 6.92 Å². The van der Waals surface area contributed by atoms with Crippen molar-refractivity contribution in [1.82, 2.24) is 0 Å². The second-order valence-corrected chi connectivity index (χ2v) is 0.316. The second kappa shape index (κ2) is 28.1. The first-order valence-corrected chi connectivity index (χ1v) is 1.62. The monoisotopic (exact) mass is 118 g/mol. The number of aliphatic hydroxyl groups excluding tert-OH is 1. The maximum atomic E-state index is 8.00. The molecule has 0 aromatic rings. The van der Waals surface area contributed by atoms with Crippen molar-refractivity contribution in [3.05, 3.63) is 0 Å². The van der Waals surface area contributed by atoms with Crippen LogP contribution < -0.4 is 0 Å². The molecule has 0 atom stereocenters. The summed E-state index contributed by atoms with van der Waals surface area (Å²) in [6.07, 6.45) is 0. The van der Waals surface area contributed by atoms with Crippen molar-refractivity contribution in [3.8, 4) is 0 Å². The number of hydrogen-bond donors (Lipinski definition) is 1. The van der Waals surface area contributed by atoms with Crippen molar-refractivity contribution in [2.24, 2.45) is 0 Å². The molecule has 2 nitrogen and oxygen atoms in total. The van der Waals surface area contributed by atoms with Gasteiger partial charge in [0.2, 0.25) is 0 Å². The predicted octanol–water partition coefficient (Wildman–Crippen LogP) is -0.123. The van der Waals surface area contributed by atoms with Crippen molar-refractivity contribution in [3.63, 3.8) is 0 Å². The summed E-state index contributed by atoms with van der Waals surface area (Å²) >= 11 is 2.00. The Bertz CT molecular complexity index is 11.6. The molecular weight excluding hydrogens is 112 g/mol. The zero-order valence-corrected chi connectivity index (χ0v) is 4.02. The van der Waals surface area contributed by atoms with Crippen LogP contribution in [0.5, 0.6) is 0 Å². The van der Waals surface area contributed by atoms with E-state index in [1.807, 2.05) is 15.9 Å². The van der Waals surface area contributed by atoms with E-state index < -0.39 is 0 Å². The molecule has 0 aliphatic carbocycles. The Morgan fingerprint density at radius 2 is 1.80 bits per heavy atom. The van der Waals surface area contributed by atoms with Gasteiger partial charge in [0.25, 0.3) is 0 Å². The van der Waals surface area contributed by atoms with E-state index in [0.29, 0.717) is 0 Å². The van der Waals surface area contributed by atoms with Gasteiger partial charge in [-0.3, -0.25) is 0 Å². The van der Waals surface area contributed by atoms with E-state index in [0.717, 1.165) is 0 Å². The molecule has 34 valence electrons. The Morgan fingerprint density at radius 1 is 1.80 bits per heavy atom. The van der Waals surface area contributed by atoms with E-state index in [4.69, 9.17) is 8.94 Å². The molecule has 0 aliphatic heterocycles. The van der Waals surface area contributed by atoms with Crippen LogP contribution in [0.4, 0.5) is 0 Å². The standard InChI is InChI=1S/C2H6O.Fe.O/c1-2-3;;/h3H,2H2,1H3;;. The van der Waals surface area contributed by atoms with Gasteiger partial charge in [0.05, 0.1) is 0 Å². The summed E-state index contributed by atoms with van der Waals surface area (Å²) in [5.41, 5.74) is 0. The fourth-order valence-electron chi connectivity index (χ4n) is 0. The van der Waals surface area contributed by atoms with Crippen LogP contribution in [-0.2, 0) is 19.8 Å². The number of hydrogen-bond acceptors (Lipinski definition) is 2. The Labute approximate surface area is 39.2 Å². The average Bonchev–Trinajstić information content (AvgIpc) is 1.46. The van der Waals surface area contributed by atoms with E-state index >= 15 is 0 Å². The van der Waals surface area contributed by atoms with Gasteiger partial charge in [-0.05, 0) is 6.92 Å². The second-order valence-electron chi connectivity index (χ2n) is 0.316. The van der Waals surface area contributed by atoms with Crippen LogP contribution in [0.3, 0.4) is 0 Å². The molecule has 0 amide bonds. The van der Waals surface area contributed by atoms with E-state index in [9.17, 15) is 0 Å². The molecule has 0 fully saturated rings. The zero-order valence-electron chi connectivity index (χ0n) is 2.92. The van der Waals surface area contributed by atoms with E-state index in [2.05, 4.69) is 0 Å². The molecule has 0 saturated heterocycles. The van der Waals surface area contributed by atoms with Crippen LogP contribution in [0.25, 0.3) is 0 Å². The van der Waals surface area contributed by atoms with Crippen LogP contribution in [0.15, 0.2) is 0 Å². The van der Waals surface area contributed by atoms with Crippen molar-refractivity contribution >= 4 is 0 Å². The van der Waals surface area contributed by atoms with Crippen molar-refractivity contribution in [2.75, 3.05) is 6.61 Å². The summed E-state index contributed by atoms with van der Waals surface area (Å²) in [5.74, 6) is 0. The molecule has 0 heterocycles. The fourth-order valence-corrected chi connectivity index (χ4v) is 0. The van der Waals surface area contributed by atoms with Gasteiger partial charge in [-0.2, -0.15) is 0 Å². The summed E-state index contributed by atoms with van der Waals surface area (Å²) < 4.78 is 8.00. The van der Waals surface area contributed by atoms with E-state index in [1.165, 1.54) is 0 Å². The third-order valence-corrected chi connectivity index (χ3v) is 0. The molecule has 5 heavy (non-hydrogen) atoms. The van der Waals surface area contributed by atoms with Gasteiger partial charge in [0.1, 0.15) is 0 Å². The Balaban J connectivity index is 0. The van der Waals surface area contributed by atoms with Crippen molar-refractivity contribution in [1.29, 1.82) is 0 Å². The third kappa shape index (κ3) is 285. The van der Waals surface area contributed by atoms with Gasteiger partial charge in [-0.15, -0.1) is 0 Å². The fraction of sp³-hybridized carbons (Fsp3) is 1.00. The molecular formula is C2H6FeO2. The molecule has 0 radical (unpaired) electrons. The number of aliphatic hydroxyl groups is 1. The molecule has 1 N–H and O–H groups in total. The van der Waals surface area contributed by atoms with Gasteiger partial charge >= 0.3 is 19.8 Å². The predicted molar refractivity (Wildman–Crippen MR) is 13.4 cm³/mol. The summed E-state index contributed by atoms with van der Waals surface area (Å²) in [6.45, 7) is 1.93. The molecule has 0 unspecified atom stereocenters. The summed E-state index contributed by atoms with van der Waals surface area (Å²) in [4.78, 5) is 0. The third-order valence-electron chi connectivity index (χ3n) is 0. The SMILES string of the molecule is CCO.[O]=[Fe]. The van der Waals surface area contributed by atoms with Gasteiger partial charge < -0.3 is 5.11 Å². The van der Waals surface area contributed by atoms with Gasteiger partial charge in [0.15, 0.2) is 0 Å². The summed E-state index contributed by atoms with van der Waals surface area (Å²) in [5, 5.41) is 7.57. The first-order valence-electron chi connectivity index (χ1n) is 1.17. The summed E-state index contributed by atoms with van der Waals surface area (Å²) in [6, 6.07) is 0. The average molecular weight is 118 g/mol. The van der Waals surface area contributed by atoms with Crippen LogP contribution in [0.1, 0.15) is 6.92 Å². The van der Waals surface area contributed by atoms with E-state index in [-0.39, 0.29) is 6.61 Å². The molecule has 0 bridgehead atoms. The van der Waals surface area contributed by atoms with E-state index in [1.54, 1.807) is 6.92 Å². The van der Waals surface area contributed by atoms with Gasteiger partial charge in [-0.25, -0.2) is 0 Å². The first-order chi connectivity index (χ1) is 2.41. The zero-order chi connectivity index (χ0) is 4.71. The molecule has 0 saturated carbocycles. The molecule has 0 aliphatic rings. The van der Waals surface area contributed by atoms with Crippen molar-refractivity contribution < 1.29 is 24.9 Å². The minimum absolute atomic E-state index is 0.250. The molecule has 0 rings (SSSR count). The molecule has 0 aromatic carbocycles. The Hall–Kier alpha value is 0.279. The molecule has 0 aromatic heterocycles. The van der Waals surface area contributed by atoms with Crippen LogP contribution >= 0.6 is 0 Å². The van der Waals surface area contributed by atoms with Gasteiger partial charge in [-0.1, -0.05) is 0 Å². The van der Waals surface area contributed by atoms with Crippen LogP contribution in [-0.4, -0.2) is 11.7 Å². The number of rotatable bonds is 0.